The predicted molar refractivity (Wildman–Crippen MR) is 29.7 cm³/mol. The van der Waals surface area contributed by atoms with Crippen LogP contribution < -0.4 is 5.32 Å². The number of hydrogen-bond acceptors (Lipinski definition) is 4. The molecule has 0 aliphatic carbocycles. The molecule has 1 atom stereocenters. The van der Waals surface area contributed by atoms with E-state index in [0.29, 0.717) is 0 Å². The van der Waals surface area contributed by atoms with Crippen molar-refractivity contribution in [2.24, 2.45) is 0 Å². The average molecular weight is 131 g/mol. The van der Waals surface area contributed by atoms with Crippen LogP contribution in [0.1, 0.15) is 12.8 Å². The standard InChI is InChI=1S/C5H9NO3/c7-5(9-8)4-2-1-3-6-4/h4,6,8H,1-3H2. The molecule has 0 aromatic carbocycles. The van der Waals surface area contributed by atoms with E-state index < -0.39 is 5.97 Å². The molecule has 0 bridgehead atoms. The van der Waals surface area contributed by atoms with Crippen LogP contribution >= 0.6 is 0 Å². The summed E-state index contributed by atoms with van der Waals surface area (Å²) in [6.45, 7) is 0.833. The molecule has 0 spiro atoms. The van der Waals surface area contributed by atoms with Crippen molar-refractivity contribution in [3.8, 4) is 0 Å². The van der Waals surface area contributed by atoms with Crippen LogP contribution in [-0.2, 0) is 9.68 Å². The van der Waals surface area contributed by atoms with Gasteiger partial charge in [0.1, 0.15) is 6.04 Å². The lowest BCUT2D eigenvalue weighted by Gasteiger charge is -2.02. The predicted octanol–water partition coefficient (Wildman–Crippen LogP) is -0.245. The highest BCUT2D eigenvalue weighted by atomic mass is 17.1. The topological polar surface area (TPSA) is 58.6 Å². The second-order valence-electron chi connectivity index (χ2n) is 2.06. The molecule has 0 aromatic heterocycles. The Morgan fingerprint density at radius 1 is 1.78 bits per heavy atom. The van der Waals surface area contributed by atoms with Crippen LogP contribution in [0.25, 0.3) is 0 Å². The van der Waals surface area contributed by atoms with E-state index in [1.54, 1.807) is 0 Å². The highest BCUT2D eigenvalue weighted by Gasteiger charge is 2.23. The lowest BCUT2D eigenvalue weighted by molar-refractivity contribution is -0.236. The molecule has 1 heterocycles. The quantitative estimate of drug-likeness (QED) is 0.380. The fourth-order valence-corrected chi connectivity index (χ4v) is 0.949. The molecule has 2 N–H and O–H groups in total. The Bertz CT molecular complexity index is 109. The zero-order valence-electron chi connectivity index (χ0n) is 4.96. The third-order valence-corrected chi connectivity index (χ3v) is 1.43. The van der Waals surface area contributed by atoms with E-state index in [-0.39, 0.29) is 6.04 Å². The van der Waals surface area contributed by atoms with Gasteiger partial charge in [-0.05, 0) is 19.4 Å². The van der Waals surface area contributed by atoms with E-state index in [2.05, 4.69) is 10.2 Å². The first-order valence-electron chi connectivity index (χ1n) is 2.93. The van der Waals surface area contributed by atoms with Crippen LogP contribution in [0.2, 0.25) is 0 Å². The fourth-order valence-electron chi connectivity index (χ4n) is 0.949. The maximum absolute atomic E-state index is 10.5. The van der Waals surface area contributed by atoms with E-state index in [4.69, 9.17) is 5.26 Å². The van der Waals surface area contributed by atoms with E-state index in [9.17, 15) is 4.79 Å². The molecule has 1 aliphatic rings. The van der Waals surface area contributed by atoms with Crippen molar-refractivity contribution in [3.05, 3.63) is 0 Å². The maximum Gasteiger partial charge on any atom is 0.358 e. The fraction of sp³-hybridized carbons (Fsp3) is 0.800. The first-order chi connectivity index (χ1) is 4.34. The third-order valence-electron chi connectivity index (χ3n) is 1.43. The Hall–Kier alpha value is -0.610. The highest BCUT2D eigenvalue weighted by Crippen LogP contribution is 2.05. The monoisotopic (exact) mass is 131 g/mol. The molecule has 0 amide bonds. The zero-order valence-corrected chi connectivity index (χ0v) is 4.96. The van der Waals surface area contributed by atoms with Gasteiger partial charge in [0, 0.05) is 0 Å². The van der Waals surface area contributed by atoms with Gasteiger partial charge in [-0.3, -0.25) is 4.89 Å². The minimum atomic E-state index is -0.576. The van der Waals surface area contributed by atoms with E-state index in [1.165, 1.54) is 0 Å². The maximum atomic E-state index is 10.5. The van der Waals surface area contributed by atoms with Gasteiger partial charge in [-0.2, -0.15) is 5.26 Å². The van der Waals surface area contributed by atoms with Crippen molar-refractivity contribution in [1.29, 1.82) is 0 Å². The summed E-state index contributed by atoms with van der Waals surface area (Å²) in [5.74, 6) is -0.576. The van der Waals surface area contributed by atoms with Crippen LogP contribution in [0.5, 0.6) is 0 Å². The minimum Gasteiger partial charge on any atom is -0.304 e. The summed E-state index contributed by atoms with van der Waals surface area (Å²) in [6.07, 6.45) is 1.74. The molecule has 1 fully saturated rings. The highest BCUT2D eigenvalue weighted by molar-refractivity contribution is 5.75. The Morgan fingerprint density at radius 2 is 2.56 bits per heavy atom. The zero-order chi connectivity index (χ0) is 6.69. The summed E-state index contributed by atoms with van der Waals surface area (Å²) in [5, 5.41) is 10.8. The molecule has 0 aromatic rings. The van der Waals surface area contributed by atoms with Crippen LogP contribution in [0.15, 0.2) is 0 Å². The second kappa shape index (κ2) is 2.80. The number of rotatable bonds is 1. The molecule has 4 nitrogen and oxygen atoms in total. The molecule has 1 aliphatic heterocycles. The molecular weight excluding hydrogens is 122 g/mol. The first-order valence-corrected chi connectivity index (χ1v) is 2.93. The number of hydrogen-bond donors (Lipinski definition) is 2. The van der Waals surface area contributed by atoms with Gasteiger partial charge in [-0.25, -0.2) is 4.79 Å². The molecule has 4 heteroatoms. The number of carbonyl (C=O) groups is 1. The Kier molecular flexibility index (Phi) is 2.02. The van der Waals surface area contributed by atoms with Crippen molar-refractivity contribution in [1.82, 2.24) is 5.32 Å². The van der Waals surface area contributed by atoms with Crippen molar-refractivity contribution < 1.29 is 14.9 Å². The first kappa shape index (κ1) is 6.51. The molecule has 0 radical (unpaired) electrons. The largest absolute Gasteiger partial charge is 0.358 e. The Balaban J connectivity index is 2.32. The molecule has 9 heavy (non-hydrogen) atoms. The smallest absolute Gasteiger partial charge is 0.304 e. The molecule has 52 valence electrons. The molecule has 1 unspecified atom stereocenters. The van der Waals surface area contributed by atoms with E-state index >= 15 is 0 Å². The molecule has 1 rings (SSSR count). The van der Waals surface area contributed by atoms with Crippen LogP contribution in [0.4, 0.5) is 0 Å². The van der Waals surface area contributed by atoms with Gasteiger partial charge >= 0.3 is 5.97 Å². The molecule has 1 saturated heterocycles. The lowest BCUT2D eigenvalue weighted by atomic mass is 10.2. The normalized spacial score (nSPS) is 26.1. The Labute approximate surface area is 52.7 Å². The van der Waals surface area contributed by atoms with Gasteiger partial charge in [-0.1, -0.05) is 0 Å². The van der Waals surface area contributed by atoms with E-state index in [1.807, 2.05) is 0 Å². The Morgan fingerprint density at radius 3 is 3.00 bits per heavy atom. The van der Waals surface area contributed by atoms with Crippen molar-refractivity contribution in [3.63, 3.8) is 0 Å². The summed E-state index contributed by atoms with van der Waals surface area (Å²) in [6, 6.07) is -0.282. The minimum absolute atomic E-state index is 0.282. The summed E-state index contributed by atoms with van der Waals surface area (Å²) in [7, 11) is 0. The van der Waals surface area contributed by atoms with Gasteiger partial charge in [0.15, 0.2) is 0 Å². The summed E-state index contributed by atoms with van der Waals surface area (Å²) < 4.78 is 0. The van der Waals surface area contributed by atoms with Gasteiger partial charge in [-0.15, -0.1) is 0 Å². The van der Waals surface area contributed by atoms with Gasteiger partial charge in [0.25, 0.3) is 0 Å². The number of carbonyl (C=O) groups excluding carboxylic acids is 1. The summed E-state index contributed by atoms with van der Waals surface area (Å²) in [4.78, 5) is 14.0. The number of nitrogens with one attached hydrogen (secondary N) is 1. The van der Waals surface area contributed by atoms with Gasteiger partial charge in [0.2, 0.25) is 0 Å². The van der Waals surface area contributed by atoms with Crippen molar-refractivity contribution in [2.75, 3.05) is 6.54 Å². The van der Waals surface area contributed by atoms with Crippen LogP contribution in [0, 0.1) is 0 Å². The van der Waals surface area contributed by atoms with Crippen molar-refractivity contribution >= 4 is 5.97 Å². The average Bonchev–Trinajstić information content (AvgIpc) is 2.37. The molecule has 0 saturated carbocycles. The van der Waals surface area contributed by atoms with Gasteiger partial charge in [0.05, 0.1) is 0 Å². The van der Waals surface area contributed by atoms with Crippen LogP contribution in [0.3, 0.4) is 0 Å². The van der Waals surface area contributed by atoms with Gasteiger partial charge < -0.3 is 5.32 Å². The lowest BCUT2D eigenvalue weighted by Crippen LogP contribution is -2.31. The summed E-state index contributed by atoms with van der Waals surface area (Å²) >= 11 is 0. The molecular formula is C5H9NO3. The third kappa shape index (κ3) is 1.40. The summed E-state index contributed by atoms with van der Waals surface area (Å²) in [5.41, 5.74) is 0. The van der Waals surface area contributed by atoms with Crippen molar-refractivity contribution in [2.45, 2.75) is 18.9 Å². The van der Waals surface area contributed by atoms with E-state index in [0.717, 1.165) is 19.4 Å². The second-order valence-corrected chi connectivity index (χ2v) is 2.06. The van der Waals surface area contributed by atoms with Crippen LogP contribution in [-0.4, -0.2) is 23.8 Å². The SMILES string of the molecule is O=C(OO)C1CCCN1.